The molecule has 8 nitrogen and oxygen atoms in total. The number of phenolic OH excluding ortho intramolecular Hbond substituents is 1. The molecule has 0 aliphatic carbocycles. The summed E-state index contributed by atoms with van der Waals surface area (Å²) in [6.45, 7) is 2.30. The predicted molar refractivity (Wildman–Crippen MR) is 108 cm³/mol. The molecule has 2 N–H and O–H groups in total. The van der Waals surface area contributed by atoms with Gasteiger partial charge in [-0.2, -0.15) is 14.9 Å². The van der Waals surface area contributed by atoms with Gasteiger partial charge in [0, 0.05) is 11.1 Å². The van der Waals surface area contributed by atoms with Crippen LogP contribution in [0.5, 0.6) is 23.0 Å². The maximum atomic E-state index is 10.3. The lowest BCUT2D eigenvalue weighted by molar-refractivity contribution is 0.318. The van der Waals surface area contributed by atoms with E-state index >= 15 is 0 Å². The molecule has 0 saturated heterocycles. The van der Waals surface area contributed by atoms with Crippen molar-refractivity contribution in [3.05, 3.63) is 46.7 Å². The van der Waals surface area contributed by atoms with E-state index in [1.165, 1.54) is 10.9 Å². The molecule has 9 heteroatoms. The predicted octanol–water partition coefficient (Wildman–Crippen LogP) is 3.61. The Kier molecular flexibility index (Phi) is 5.95. The van der Waals surface area contributed by atoms with Gasteiger partial charge in [0.05, 0.1) is 27.0 Å². The fraction of sp³-hybridized carbons (Fsp3) is 0.211. The van der Waals surface area contributed by atoms with Crippen molar-refractivity contribution in [3.63, 3.8) is 0 Å². The maximum Gasteiger partial charge on any atom is 0.216 e. The van der Waals surface area contributed by atoms with Crippen LogP contribution in [0.4, 0.5) is 0 Å². The molecule has 0 fully saturated rings. The van der Waals surface area contributed by atoms with Crippen molar-refractivity contribution in [2.45, 2.75) is 6.92 Å². The van der Waals surface area contributed by atoms with Crippen molar-refractivity contribution in [2.75, 3.05) is 20.8 Å². The number of phenols is 1. The minimum atomic E-state index is 0.00998. The molecule has 0 amide bonds. The Morgan fingerprint density at radius 2 is 1.96 bits per heavy atom. The van der Waals surface area contributed by atoms with Crippen LogP contribution >= 0.6 is 12.2 Å². The van der Waals surface area contributed by atoms with Gasteiger partial charge in [-0.05, 0) is 49.5 Å². The highest BCUT2D eigenvalue weighted by molar-refractivity contribution is 7.71. The van der Waals surface area contributed by atoms with Crippen LogP contribution in [0.25, 0.3) is 11.4 Å². The fourth-order valence-corrected chi connectivity index (χ4v) is 2.78. The van der Waals surface area contributed by atoms with Crippen LogP contribution in [0.2, 0.25) is 0 Å². The van der Waals surface area contributed by atoms with Gasteiger partial charge in [0.25, 0.3) is 0 Å². The summed E-state index contributed by atoms with van der Waals surface area (Å²) in [6.07, 6.45) is 1.49. The Morgan fingerprint density at radius 1 is 1.18 bits per heavy atom. The highest BCUT2D eigenvalue weighted by atomic mass is 32.1. The summed E-state index contributed by atoms with van der Waals surface area (Å²) in [5.74, 6) is 2.06. The second kappa shape index (κ2) is 8.57. The second-order valence-electron chi connectivity index (χ2n) is 5.61. The number of aromatic amines is 1. The van der Waals surface area contributed by atoms with Crippen molar-refractivity contribution in [1.82, 2.24) is 14.9 Å². The number of nitrogens with one attached hydrogen (secondary N) is 1. The van der Waals surface area contributed by atoms with Gasteiger partial charge in [-0.3, -0.25) is 0 Å². The lowest BCUT2D eigenvalue weighted by atomic mass is 10.2. The van der Waals surface area contributed by atoms with E-state index in [4.69, 9.17) is 26.4 Å². The number of H-pyrrole nitrogens is 1. The van der Waals surface area contributed by atoms with Crippen molar-refractivity contribution >= 4 is 18.4 Å². The minimum absolute atomic E-state index is 0.00998. The van der Waals surface area contributed by atoms with Crippen molar-refractivity contribution in [3.8, 4) is 34.4 Å². The normalized spacial score (nSPS) is 11.0. The quantitative estimate of drug-likeness (QED) is 0.465. The van der Waals surface area contributed by atoms with Crippen LogP contribution in [0.15, 0.2) is 41.5 Å². The summed E-state index contributed by atoms with van der Waals surface area (Å²) in [4.78, 5) is 0. The average Bonchev–Trinajstić information content (AvgIpc) is 3.08. The number of hydrogen-bond donors (Lipinski definition) is 2. The standard InChI is InChI=1S/C19H20N4O4S/c1-4-27-15-7-5-6-13(17(15)24)11-20-23-18(21-22-19(23)28)12-8-9-14(25-2)16(10-12)26-3/h5-11,24H,4H2,1-3H3,(H,22,28)/b20-11+. The molecule has 0 unspecified atom stereocenters. The first-order valence-electron chi connectivity index (χ1n) is 8.48. The van der Waals surface area contributed by atoms with Gasteiger partial charge in [0.1, 0.15) is 0 Å². The third-order valence-electron chi connectivity index (χ3n) is 3.93. The number of aromatic hydroxyl groups is 1. The van der Waals surface area contributed by atoms with Gasteiger partial charge >= 0.3 is 0 Å². The average molecular weight is 400 g/mol. The highest BCUT2D eigenvalue weighted by Gasteiger charge is 2.13. The van der Waals surface area contributed by atoms with Gasteiger partial charge < -0.3 is 19.3 Å². The monoisotopic (exact) mass is 400 g/mol. The van der Waals surface area contributed by atoms with Crippen LogP contribution in [0.3, 0.4) is 0 Å². The van der Waals surface area contributed by atoms with Gasteiger partial charge in [-0.25, -0.2) is 5.10 Å². The summed E-state index contributed by atoms with van der Waals surface area (Å²) in [5.41, 5.74) is 1.22. The van der Waals surface area contributed by atoms with Crippen LogP contribution in [0, 0.1) is 4.77 Å². The molecular formula is C19H20N4O4S. The van der Waals surface area contributed by atoms with Gasteiger partial charge in [-0.1, -0.05) is 6.07 Å². The van der Waals surface area contributed by atoms with Crippen molar-refractivity contribution in [1.29, 1.82) is 0 Å². The minimum Gasteiger partial charge on any atom is -0.504 e. The molecule has 0 radical (unpaired) electrons. The second-order valence-corrected chi connectivity index (χ2v) is 5.99. The molecule has 0 atom stereocenters. The number of hydrogen-bond acceptors (Lipinski definition) is 7. The lowest BCUT2D eigenvalue weighted by Gasteiger charge is -2.09. The lowest BCUT2D eigenvalue weighted by Crippen LogP contribution is -1.98. The van der Waals surface area contributed by atoms with E-state index in [1.807, 2.05) is 13.0 Å². The third kappa shape index (κ3) is 3.84. The number of methoxy groups -OCH3 is 2. The molecule has 1 aromatic heterocycles. The molecule has 0 aliphatic rings. The molecule has 28 heavy (non-hydrogen) atoms. The zero-order valence-corrected chi connectivity index (χ0v) is 16.5. The largest absolute Gasteiger partial charge is 0.504 e. The summed E-state index contributed by atoms with van der Waals surface area (Å²) in [6, 6.07) is 10.6. The van der Waals surface area contributed by atoms with E-state index in [1.54, 1.807) is 44.6 Å². The summed E-state index contributed by atoms with van der Waals surface area (Å²) in [7, 11) is 3.13. The van der Waals surface area contributed by atoms with Gasteiger partial charge in [-0.15, -0.1) is 0 Å². The van der Waals surface area contributed by atoms with Crippen molar-refractivity contribution in [2.24, 2.45) is 5.10 Å². The third-order valence-corrected chi connectivity index (χ3v) is 4.20. The smallest absolute Gasteiger partial charge is 0.216 e. The molecule has 0 spiro atoms. The molecule has 146 valence electrons. The van der Waals surface area contributed by atoms with Gasteiger partial charge in [0.2, 0.25) is 4.77 Å². The van der Waals surface area contributed by atoms with E-state index in [-0.39, 0.29) is 5.75 Å². The van der Waals surface area contributed by atoms with E-state index < -0.39 is 0 Å². The van der Waals surface area contributed by atoms with Gasteiger partial charge in [0.15, 0.2) is 28.8 Å². The van der Waals surface area contributed by atoms with Crippen LogP contribution < -0.4 is 14.2 Å². The Bertz CT molecular complexity index is 1060. The molecule has 3 aromatic rings. The molecule has 0 saturated carbocycles. The van der Waals surface area contributed by atoms with Crippen molar-refractivity contribution < 1.29 is 19.3 Å². The molecular weight excluding hydrogens is 380 g/mol. The number of ether oxygens (including phenoxy) is 3. The maximum absolute atomic E-state index is 10.3. The molecule has 0 aliphatic heterocycles. The molecule has 3 rings (SSSR count). The SMILES string of the molecule is CCOc1cccc(/C=N/n2c(-c3ccc(OC)c(OC)c3)n[nH]c2=S)c1O. The Labute approximate surface area is 167 Å². The number of aromatic nitrogens is 3. The Balaban J connectivity index is 2.00. The van der Waals surface area contributed by atoms with E-state index in [2.05, 4.69) is 15.3 Å². The van der Waals surface area contributed by atoms with E-state index in [9.17, 15) is 5.11 Å². The van der Waals surface area contributed by atoms with Crippen LogP contribution in [-0.4, -0.2) is 47.0 Å². The molecule has 0 bridgehead atoms. The first-order valence-corrected chi connectivity index (χ1v) is 8.88. The summed E-state index contributed by atoms with van der Waals surface area (Å²) < 4.78 is 17.8. The number of nitrogens with zero attached hydrogens (tertiary/aromatic N) is 3. The molecule has 2 aromatic carbocycles. The van der Waals surface area contributed by atoms with Crippen LogP contribution in [0.1, 0.15) is 12.5 Å². The fourth-order valence-electron chi connectivity index (χ4n) is 2.60. The Morgan fingerprint density at radius 3 is 2.68 bits per heavy atom. The topological polar surface area (TPSA) is 93.9 Å². The number of benzene rings is 2. The number of rotatable bonds is 7. The summed E-state index contributed by atoms with van der Waals surface area (Å²) in [5, 5.41) is 21.7. The highest BCUT2D eigenvalue weighted by Crippen LogP contribution is 2.32. The Hall–Kier alpha value is -3.33. The van der Waals surface area contributed by atoms with E-state index in [0.29, 0.717) is 40.0 Å². The first-order chi connectivity index (χ1) is 13.6. The first kappa shape index (κ1) is 19.4. The zero-order chi connectivity index (χ0) is 20.1. The van der Waals surface area contributed by atoms with E-state index in [0.717, 1.165) is 5.56 Å². The summed E-state index contributed by atoms with van der Waals surface area (Å²) >= 11 is 5.29. The molecule has 1 heterocycles. The number of para-hydroxylation sites is 1. The zero-order valence-electron chi connectivity index (χ0n) is 15.7. The van der Waals surface area contributed by atoms with Crippen LogP contribution in [-0.2, 0) is 0 Å².